The van der Waals surface area contributed by atoms with Crippen LogP contribution in [0.3, 0.4) is 0 Å². The van der Waals surface area contributed by atoms with Crippen LogP contribution >= 0.6 is 0 Å². The van der Waals surface area contributed by atoms with Gasteiger partial charge in [0.05, 0.1) is 0 Å². The van der Waals surface area contributed by atoms with Crippen molar-refractivity contribution >= 4 is 0 Å². The molecule has 96 valence electrons. The van der Waals surface area contributed by atoms with Crippen LogP contribution in [0.25, 0.3) is 0 Å². The highest BCUT2D eigenvalue weighted by atomic mass is 14.9. The Labute approximate surface area is 101 Å². The number of nitrogens with one attached hydrogen (secondary N) is 1. The molecule has 0 saturated heterocycles. The molecule has 0 bridgehead atoms. The fraction of sp³-hybridized carbons (Fsp3) is 1.00. The summed E-state index contributed by atoms with van der Waals surface area (Å²) in [5, 5.41) is 3.74. The van der Waals surface area contributed by atoms with Crippen LogP contribution in [0.2, 0.25) is 0 Å². The zero-order valence-corrected chi connectivity index (χ0v) is 11.2. The Morgan fingerprint density at radius 2 is 1.75 bits per heavy atom. The lowest BCUT2D eigenvalue weighted by Crippen LogP contribution is -2.36. The molecular weight excluding hydrogens is 196 g/mol. The van der Waals surface area contributed by atoms with Crippen molar-refractivity contribution in [3.8, 4) is 0 Å². The van der Waals surface area contributed by atoms with Crippen molar-refractivity contribution in [3.05, 3.63) is 0 Å². The van der Waals surface area contributed by atoms with E-state index in [9.17, 15) is 0 Å². The Hall–Kier alpha value is -0.0800. The Balaban J connectivity index is 2.19. The molecule has 0 aromatic carbocycles. The Bertz CT molecular complexity index is 158. The van der Waals surface area contributed by atoms with E-state index in [0.717, 1.165) is 25.0 Å². The third kappa shape index (κ3) is 5.86. The van der Waals surface area contributed by atoms with Crippen molar-refractivity contribution in [2.45, 2.75) is 64.8 Å². The third-order valence-corrected chi connectivity index (χ3v) is 3.69. The molecule has 0 amide bonds. The second-order valence-electron chi connectivity index (χ2n) is 5.83. The van der Waals surface area contributed by atoms with Gasteiger partial charge in [0, 0.05) is 6.04 Å². The molecule has 16 heavy (non-hydrogen) atoms. The van der Waals surface area contributed by atoms with E-state index in [1.807, 2.05) is 0 Å². The van der Waals surface area contributed by atoms with Gasteiger partial charge in [0.1, 0.15) is 0 Å². The molecule has 0 radical (unpaired) electrons. The van der Waals surface area contributed by atoms with Gasteiger partial charge in [-0.25, -0.2) is 0 Å². The Morgan fingerprint density at radius 1 is 1.12 bits per heavy atom. The van der Waals surface area contributed by atoms with Crippen LogP contribution in [0, 0.1) is 11.8 Å². The van der Waals surface area contributed by atoms with Gasteiger partial charge in [-0.05, 0) is 44.2 Å². The molecule has 1 aliphatic carbocycles. The Morgan fingerprint density at radius 3 is 2.25 bits per heavy atom. The molecule has 1 rings (SSSR count). The van der Waals surface area contributed by atoms with Gasteiger partial charge in [0.2, 0.25) is 0 Å². The van der Waals surface area contributed by atoms with E-state index in [-0.39, 0.29) is 0 Å². The highest BCUT2D eigenvalue weighted by Crippen LogP contribution is 2.18. The molecule has 2 nitrogen and oxygen atoms in total. The maximum absolute atomic E-state index is 5.83. The standard InChI is InChI=1S/C14H30N2/c1-12(2)9-13(10-15)11-16-14-7-5-3-4-6-8-14/h12-14,16H,3-11,15H2,1-2H3. The Kier molecular flexibility index (Phi) is 7.06. The molecule has 1 saturated carbocycles. The lowest BCUT2D eigenvalue weighted by Gasteiger charge is -2.22. The van der Waals surface area contributed by atoms with Crippen LogP contribution in [-0.4, -0.2) is 19.1 Å². The molecule has 1 unspecified atom stereocenters. The van der Waals surface area contributed by atoms with E-state index in [1.165, 1.54) is 44.9 Å². The zero-order valence-electron chi connectivity index (χ0n) is 11.2. The first kappa shape index (κ1) is 14.0. The van der Waals surface area contributed by atoms with Gasteiger partial charge >= 0.3 is 0 Å². The summed E-state index contributed by atoms with van der Waals surface area (Å²) >= 11 is 0. The average Bonchev–Trinajstić information content (AvgIpc) is 2.52. The molecule has 1 fully saturated rings. The molecule has 0 aromatic heterocycles. The fourth-order valence-corrected chi connectivity index (χ4v) is 2.75. The van der Waals surface area contributed by atoms with E-state index in [1.54, 1.807) is 0 Å². The maximum atomic E-state index is 5.83. The summed E-state index contributed by atoms with van der Waals surface area (Å²) in [6.07, 6.45) is 9.70. The van der Waals surface area contributed by atoms with Gasteiger partial charge in [-0.2, -0.15) is 0 Å². The van der Waals surface area contributed by atoms with Crippen LogP contribution in [0.1, 0.15) is 58.8 Å². The van der Waals surface area contributed by atoms with Crippen molar-refractivity contribution in [2.75, 3.05) is 13.1 Å². The van der Waals surface area contributed by atoms with Gasteiger partial charge in [-0.3, -0.25) is 0 Å². The van der Waals surface area contributed by atoms with Crippen LogP contribution < -0.4 is 11.1 Å². The minimum absolute atomic E-state index is 0.670. The van der Waals surface area contributed by atoms with Gasteiger partial charge < -0.3 is 11.1 Å². The SMILES string of the molecule is CC(C)CC(CN)CNC1CCCCCC1. The molecule has 2 heteroatoms. The smallest absolute Gasteiger partial charge is 0.00671 e. The van der Waals surface area contributed by atoms with Gasteiger partial charge in [-0.15, -0.1) is 0 Å². The predicted molar refractivity (Wildman–Crippen MR) is 71.5 cm³/mol. The minimum Gasteiger partial charge on any atom is -0.330 e. The topological polar surface area (TPSA) is 38.0 Å². The molecule has 0 spiro atoms. The second kappa shape index (κ2) is 8.08. The van der Waals surface area contributed by atoms with E-state index >= 15 is 0 Å². The summed E-state index contributed by atoms with van der Waals surface area (Å²) in [7, 11) is 0. The van der Waals surface area contributed by atoms with Crippen LogP contribution in [0.15, 0.2) is 0 Å². The zero-order chi connectivity index (χ0) is 11.8. The predicted octanol–water partition coefficient (Wildman–Crippen LogP) is 2.92. The number of nitrogens with two attached hydrogens (primary N) is 1. The van der Waals surface area contributed by atoms with Crippen molar-refractivity contribution < 1.29 is 0 Å². The highest BCUT2D eigenvalue weighted by molar-refractivity contribution is 4.73. The first-order valence-corrected chi connectivity index (χ1v) is 7.15. The largest absolute Gasteiger partial charge is 0.330 e. The van der Waals surface area contributed by atoms with E-state index in [4.69, 9.17) is 5.73 Å². The van der Waals surface area contributed by atoms with Gasteiger partial charge in [0.15, 0.2) is 0 Å². The van der Waals surface area contributed by atoms with Crippen molar-refractivity contribution in [1.82, 2.24) is 5.32 Å². The normalized spacial score (nSPS) is 21.0. The summed E-state index contributed by atoms with van der Waals surface area (Å²) in [4.78, 5) is 0. The first-order valence-electron chi connectivity index (χ1n) is 7.15. The van der Waals surface area contributed by atoms with Crippen LogP contribution in [0.4, 0.5) is 0 Å². The van der Waals surface area contributed by atoms with Crippen molar-refractivity contribution in [1.29, 1.82) is 0 Å². The second-order valence-corrected chi connectivity index (χ2v) is 5.83. The monoisotopic (exact) mass is 226 g/mol. The number of hydrogen-bond acceptors (Lipinski definition) is 2. The number of rotatable bonds is 6. The van der Waals surface area contributed by atoms with Gasteiger partial charge in [0.25, 0.3) is 0 Å². The molecule has 1 aliphatic rings. The third-order valence-electron chi connectivity index (χ3n) is 3.69. The quantitative estimate of drug-likeness (QED) is 0.683. The molecular formula is C14H30N2. The fourth-order valence-electron chi connectivity index (χ4n) is 2.75. The summed E-state index contributed by atoms with van der Waals surface area (Å²) in [5.74, 6) is 1.44. The lowest BCUT2D eigenvalue weighted by atomic mass is 9.96. The molecule has 1 atom stereocenters. The highest BCUT2D eigenvalue weighted by Gasteiger charge is 2.14. The summed E-state index contributed by atoms with van der Waals surface area (Å²) in [6.45, 7) is 6.53. The van der Waals surface area contributed by atoms with Crippen molar-refractivity contribution in [2.24, 2.45) is 17.6 Å². The molecule has 0 aromatic rings. The van der Waals surface area contributed by atoms with E-state index in [0.29, 0.717) is 5.92 Å². The van der Waals surface area contributed by atoms with Gasteiger partial charge in [-0.1, -0.05) is 39.5 Å². The van der Waals surface area contributed by atoms with E-state index in [2.05, 4.69) is 19.2 Å². The molecule has 0 aliphatic heterocycles. The number of hydrogen-bond donors (Lipinski definition) is 2. The maximum Gasteiger partial charge on any atom is 0.00671 e. The minimum atomic E-state index is 0.670. The van der Waals surface area contributed by atoms with Crippen molar-refractivity contribution in [3.63, 3.8) is 0 Å². The summed E-state index contributed by atoms with van der Waals surface area (Å²) in [5.41, 5.74) is 5.83. The average molecular weight is 226 g/mol. The molecule has 0 heterocycles. The first-order chi connectivity index (χ1) is 7.72. The van der Waals surface area contributed by atoms with Crippen LogP contribution in [-0.2, 0) is 0 Å². The van der Waals surface area contributed by atoms with E-state index < -0.39 is 0 Å². The van der Waals surface area contributed by atoms with Crippen LogP contribution in [0.5, 0.6) is 0 Å². The molecule has 3 N–H and O–H groups in total. The summed E-state index contributed by atoms with van der Waals surface area (Å²) < 4.78 is 0. The summed E-state index contributed by atoms with van der Waals surface area (Å²) in [6, 6.07) is 0.767. The lowest BCUT2D eigenvalue weighted by molar-refractivity contribution is 0.357.